The van der Waals surface area contributed by atoms with Gasteiger partial charge in [0.1, 0.15) is 16.7 Å². The summed E-state index contributed by atoms with van der Waals surface area (Å²) < 4.78 is 0. The summed E-state index contributed by atoms with van der Waals surface area (Å²) in [6.45, 7) is 7.42. The van der Waals surface area contributed by atoms with E-state index < -0.39 is 0 Å². The van der Waals surface area contributed by atoms with E-state index in [2.05, 4.69) is 26.1 Å². The van der Waals surface area contributed by atoms with Gasteiger partial charge in [-0.1, -0.05) is 19.8 Å². The molecule has 1 aliphatic carbocycles. The number of rotatable bonds is 8. The van der Waals surface area contributed by atoms with E-state index in [1.807, 2.05) is 11.8 Å². The normalized spacial score (nSPS) is 14.7. The molecular formula is C15H25N3S. The van der Waals surface area contributed by atoms with Crippen molar-refractivity contribution in [2.24, 2.45) is 0 Å². The number of thioether (sulfide) groups is 1. The smallest absolute Gasteiger partial charge is 0.135 e. The van der Waals surface area contributed by atoms with E-state index in [4.69, 9.17) is 9.97 Å². The second kappa shape index (κ2) is 7.13. The van der Waals surface area contributed by atoms with Crippen molar-refractivity contribution in [2.45, 2.75) is 63.8 Å². The van der Waals surface area contributed by atoms with Crippen molar-refractivity contribution in [3.8, 4) is 0 Å². The van der Waals surface area contributed by atoms with Crippen LogP contribution in [0.5, 0.6) is 0 Å². The molecule has 2 rings (SSSR count). The Labute approximate surface area is 121 Å². The summed E-state index contributed by atoms with van der Waals surface area (Å²) >= 11 is 1.90. The van der Waals surface area contributed by atoms with E-state index in [1.165, 1.54) is 48.4 Å². The number of nitrogens with one attached hydrogen (secondary N) is 1. The zero-order valence-corrected chi connectivity index (χ0v) is 13.1. The predicted octanol–water partition coefficient (Wildman–Crippen LogP) is 4.38. The zero-order chi connectivity index (χ0) is 13.7. The fourth-order valence-corrected chi connectivity index (χ4v) is 3.05. The van der Waals surface area contributed by atoms with Crippen molar-refractivity contribution in [2.75, 3.05) is 17.6 Å². The summed E-state index contributed by atoms with van der Waals surface area (Å²) in [5.41, 5.74) is 1.22. The van der Waals surface area contributed by atoms with Gasteiger partial charge in [-0.05, 0) is 38.9 Å². The fraction of sp³-hybridized carbons (Fsp3) is 0.733. The van der Waals surface area contributed by atoms with Gasteiger partial charge in [0.2, 0.25) is 0 Å². The summed E-state index contributed by atoms with van der Waals surface area (Å²) in [5.74, 6) is 3.88. The van der Waals surface area contributed by atoms with E-state index in [-0.39, 0.29) is 0 Å². The molecular weight excluding hydrogens is 254 g/mol. The van der Waals surface area contributed by atoms with E-state index in [0.29, 0.717) is 5.92 Å². The van der Waals surface area contributed by atoms with Gasteiger partial charge in [-0.25, -0.2) is 9.97 Å². The van der Waals surface area contributed by atoms with E-state index in [1.54, 1.807) is 0 Å². The number of hydrogen-bond acceptors (Lipinski definition) is 4. The molecule has 0 atom stereocenters. The van der Waals surface area contributed by atoms with Crippen LogP contribution in [0.2, 0.25) is 0 Å². The maximum atomic E-state index is 4.79. The number of anilines is 1. The first kappa shape index (κ1) is 14.6. The molecule has 1 heterocycles. The minimum Gasteiger partial charge on any atom is -0.370 e. The molecule has 106 valence electrons. The highest BCUT2D eigenvalue weighted by atomic mass is 32.2. The molecule has 0 unspecified atom stereocenters. The van der Waals surface area contributed by atoms with Gasteiger partial charge in [0.25, 0.3) is 0 Å². The van der Waals surface area contributed by atoms with Gasteiger partial charge < -0.3 is 5.32 Å². The lowest BCUT2D eigenvalue weighted by Gasteiger charge is -2.12. The number of aromatic nitrogens is 2. The van der Waals surface area contributed by atoms with Gasteiger partial charge in [-0.3, -0.25) is 0 Å². The Hall–Kier alpha value is -0.770. The quantitative estimate of drug-likeness (QED) is 0.435. The van der Waals surface area contributed by atoms with Crippen LogP contribution in [0, 0.1) is 6.92 Å². The van der Waals surface area contributed by atoms with Crippen LogP contribution in [0.3, 0.4) is 0 Å². The number of nitrogens with zero attached hydrogens (tertiary/aromatic N) is 2. The molecule has 0 radical (unpaired) electrons. The standard InChI is InChI=1S/C15H25N3S/c1-4-6-7-10-19-15-11(3)13(16-5-2)17-14(18-15)12-8-9-12/h12H,4-10H2,1-3H3,(H,16,17,18). The van der Waals surface area contributed by atoms with Gasteiger partial charge >= 0.3 is 0 Å². The molecule has 0 bridgehead atoms. The Bertz CT molecular complexity index is 416. The average Bonchev–Trinajstić information content (AvgIpc) is 3.23. The van der Waals surface area contributed by atoms with Gasteiger partial charge in [-0.15, -0.1) is 11.8 Å². The van der Waals surface area contributed by atoms with Crippen LogP contribution in [-0.4, -0.2) is 22.3 Å². The van der Waals surface area contributed by atoms with Gasteiger partial charge in [0.05, 0.1) is 0 Å². The largest absolute Gasteiger partial charge is 0.370 e. The van der Waals surface area contributed by atoms with Crippen LogP contribution in [-0.2, 0) is 0 Å². The Kier molecular flexibility index (Phi) is 5.49. The highest BCUT2D eigenvalue weighted by molar-refractivity contribution is 7.99. The van der Waals surface area contributed by atoms with Crippen molar-refractivity contribution in [3.63, 3.8) is 0 Å². The molecule has 0 saturated heterocycles. The summed E-state index contributed by atoms with van der Waals surface area (Å²) in [7, 11) is 0. The number of unbranched alkanes of at least 4 members (excludes halogenated alkanes) is 2. The highest BCUT2D eigenvalue weighted by Crippen LogP contribution is 2.40. The van der Waals surface area contributed by atoms with Crippen LogP contribution >= 0.6 is 11.8 Å². The minimum absolute atomic E-state index is 0.619. The summed E-state index contributed by atoms with van der Waals surface area (Å²) in [4.78, 5) is 9.48. The van der Waals surface area contributed by atoms with Crippen molar-refractivity contribution >= 4 is 17.6 Å². The molecule has 0 aromatic carbocycles. The molecule has 4 heteroatoms. The molecule has 1 N–H and O–H groups in total. The number of hydrogen-bond donors (Lipinski definition) is 1. The van der Waals surface area contributed by atoms with Crippen molar-refractivity contribution < 1.29 is 0 Å². The monoisotopic (exact) mass is 279 g/mol. The molecule has 1 saturated carbocycles. The topological polar surface area (TPSA) is 37.8 Å². The van der Waals surface area contributed by atoms with E-state index >= 15 is 0 Å². The lowest BCUT2D eigenvalue weighted by Crippen LogP contribution is -2.07. The van der Waals surface area contributed by atoms with Crippen LogP contribution in [0.25, 0.3) is 0 Å². The Balaban J connectivity index is 2.10. The van der Waals surface area contributed by atoms with E-state index in [9.17, 15) is 0 Å². The van der Waals surface area contributed by atoms with Gasteiger partial charge in [-0.2, -0.15) is 0 Å². The lowest BCUT2D eigenvalue weighted by atomic mass is 10.3. The minimum atomic E-state index is 0.619. The molecule has 1 aromatic heterocycles. The average molecular weight is 279 g/mol. The van der Waals surface area contributed by atoms with Gasteiger partial charge in [0.15, 0.2) is 0 Å². The first-order valence-electron chi connectivity index (χ1n) is 7.51. The maximum Gasteiger partial charge on any atom is 0.135 e. The molecule has 1 fully saturated rings. The summed E-state index contributed by atoms with van der Waals surface area (Å²) in [5, 5.41) is 4.56. The summed E-state index contributed by atoms with van der Waals surface area (Å²) in [6.07, 6.45) is 6.38. The second-order valence-electron chi connectivity index (χ2n) is 5.22. The molecule has 0 aliphatic heterocycles. The third-order valence-electron chi connectivity index (χ3n) is 3.39. The fourth-order valence-electron chi connectivity index (χ4n) is 2.04. The van der Waals surface area contributed by atoms with Crippen molar-refractivity contribution in [1.82, 2.24) is 9.97 Å². The van der Waals surface area contributed by atoms with Gasteiger partial charge in [0, 0.05) is 18.0 Å². The van der Waals surface area contributed by atoms with Crippen molar-refractivity contribution in [3.05, 3.63) is 11.4 Å². The highest BCUT2D eigenvalue weighted by Gasteiger charge is 2.28. The van der Waals surface area contributed by atoms with E-state index in [0.717, 1.165) is 18.2 Å². The Morgan fingerprint density at radius 1 is 1.21 bits per heavy atom. The third kappa shape index (κ3) is 4.10. The first-order valence-corrected chi connectivity index (χ1v) is 8.50. The first-order chi connectivity index (χ1) is 9.26. The molecule has 1 aromatic rings. The molecule has 3 nitrogen and oxygen atoms in total. The third-order valence-corrected chi connectivity index (χ3v) is 4.56. The zero-order valence-electron chi connectivity index (χ0n) is 12.3. The lowest BCUT2D eigenvalue weighted by molar-refractivity contribution is 0.777. The maximum absolute atomic E-state index is 4.79. The van der Waals surface area contributed by atoms with Crippen LogP contribution in [0.1, 0.15) is 63.3 Å². The van der Waals surface area contributed by atoms with Crippen LogP contribution in [0.4, 0.5) is 5.82 Å². The second-order valence-corrected chi connectivity index (χ2v) is 6.30. The molecule has 0 spiro atoms. The Morgan fingerprint density at radius 2 is 2.00 bits per heavy atom. The molecule has 0 amide bonds. The predicted molar refractivity (Wildman–Crippen MR) is 83.2 cm³/mol. The van der Waals surface area contributed by atoms with Crippen molar-refractivity contribution in [1.29, 1.82) is 0 Å². The molecule has 19 heavy (non-hydrogen) atoms. The SMILES string of the molecule is CCCCCSc1nc(C2CC2)nc(NCC)c1C. The van der Waals surface area contributed by atoms with Crippen LogP contribution < -0.4 is 5.32 Å². The molecule has 1 aliphatic rings. The Morgan fingerprint density at radius 3 is 2.63 bits per heavy atom. The summed E-state index contributed by atoms with van der Waals surface area (Å²) in [6, 6.07) is 0. The van der Waals surface area contributed by atoms with Crippen LogP contribution in [0.15, 0.2) is 5.03 Å².